The summed E-state index contributed by atoms with van der Waals surface area (Å²) in [7, 11) is 0. The number of hydrogen-bond acceptors (Lipinski definition) is 1. The minimum absolute atomic E-state index is 0.341. The average molecular weight is 207 g/mol. The maximum atomic E-state index is 10.8. The molecule has 2 N–H and O–H groups in total. The molecule has 0 radical (unpaired) electrons. The molecule has 0 saturated heterocycles. The van der Waals surface area contributed by atoms with Crippen LogP contribution in [-0.4, -0.2) is 16.1 Å². The van der Waals surface area contributed by atoms with Gasteiger partial charge in [0.15, 0.2) is 0 Å². The van der Waals surface area contributed by atoms with Crippen molar-refractivity contribution in [2.75, 3.05) is 0 Å². The lowest BCUT2D eigenvalue weighted by atomic mass is 9.93. The second kappa shape index (κ2) is 3.72. The maximum Gasteiger partial charge on any atom is 0.352 e. The van der Waals surface area contributed by atoms with Crippen LogP contribution in [-0.2, 0) is 6.42 Å². The minimum atomic E-state index is -0.854. The van der Waals surface area contributed by atoms with Crippen LogP contribution in [0.2, 0.25) is 0 Å². The van der Waals surface area contributed by atoms with Crippen LogP contribution >= 0.6 is 0 Å². The largest absolute Gasteiger partial charge is 0.477 e. The Labute approximate surface area is 89.5 Å². The molecule has 0 aliphatic heterocycles. The molecule has 2 rings (SSSR count). The Bertz CT molecular complexity index is 379. The highest BCUT2D eigenvalue weighted by Crippen LogP contribution is 2.37. The highest BCUT2D eigenvalue weighted by atomic mass is 16.4. The van der Waals surface area contributed by atoms with Crippen LogP contribution in [0.3, 0.4) is 0 Å². The van der Waals surface area contributed by atoms with Crippen LogP contribution in [0.25, 0.3) is 0 Å². The number of fused-ring (bicyclic) bond motifs is 1. The Morgan fingerprint density at radius 2 is 2.40 bits per heavy atom. The lowest BCUT2D eigenvalue weighted by molar-refractivity contribution is 0.0691. The molecule has 3 heteroatoms. The summed E-state index contributed by atoms with van der Waals surface area (Å²) in [5, 5.41) is 8.88. The van der Waals surface area contributed by atoms with Crippen LogP contribution in [0.1, 0.15) is 54.4 Å². The number of carboxylic acid groups (broad SMARTS) is 1. The zero-order valence-electron chi connectivity index (χ0n) is 9.21. The second-order valence-electron chi connectivity index (χ2n) is 4.79. The zero-order chi connectivity index (χ0) is 11.0. The van der Waals surface area contributed by atoms with E-state index in [4.69, 9.17) is 5.11 Å². The van der Waals surface area contributed by atoms with Gasteiger partial charge >= 0.3 is 5.97 Å². The van der Waals surface area contributed by atoms with Crippen molar-refractivity contribution >= 4 is 5.97 Å². The number of carboxylic acids is 1. The van der Waals surface area contributed by atoms with Crippen molar-refractivity contribution in [3.63, 3.8) is 0 Å². The Balaban J connectivity index is 2.22. The second-order valence-corrected chi connectivity index (χ2v) is 4.79. The number of H-pyrrole nitrogens is 1. The van der Waals surface area contributed by atoms with Gasteiger partial charge in [-0.1, -0.05) is 13.8 Å². The molecule has 82 valence electrons. The first kappa shape index (κ1) is 10.3. The smallest absolute Gasteiger partial charge is 0.352 e. The van der Waals surface area contributed by atoms with Gasteiger partial charge in [-0.25, -0.2) is 4.79 Å². The van der Waals surface area contributed by atoms with Crippen molar-refractivity contribution in [1.82, 2.24) is 4.98 Å². The highest BCUT2D eigenvalue weighted by Gasteiger charge is 2.26. The molecule has 1 heterocycles. The molecule has 0 aromatic carbocycles. The highest BCUT2D eigenvalue weighted by molar-refractivity contribution is 5.86. The monoisotopic (exact) mass is 207 g/mol. The van der Waals surface area contributed by atoms with E-state index in [1.165, 1.54) is 12.0 Å². The summed E-state index contributed by atoms with van der Waals surface area (Å²) in [5.74, 6) is 0.376. The van der Waals surface area contributed by atoms with Crippen molar-refractivity contribution in [3.8, 4) is 0 Å². The molecule has 1 unspecified atom stereocenters. The number of nitrogens with one attached hydrogen (secondary N) is 1. The van der Waals surface area contributed by atoms with Crippen LogP contribution in [0, 0.1) is 5.92 Å². The fourth-order valence-electron chi connectivity index (χ4n) is 2.49. The van der Waals surface area contributed by atoms with Crippen LogP contribution in [0.4, 0.5) is 0 Å². The molecule has 3 nitrogen and oxygen atoms in total. The fraction of sp³-hybridized carbons (Fsp3) is 0.583. The third kappa shape index (κ3) is 1.91. The summed E-state index contributed by atoms with van der Waals surface area (Å²) in [5.41, 5.74) is 2.72. The molecule has 15 heavy (non-hydrogen) atoms. The van der Waals surface area contributed by atoms with Gasteiger partial charge in [0.2, 0.25) is 0 Å². The zero-order valence-corrected chi connectivity index (χ0v) is 9.21. The summed E-state index contributed by atoms with van der Waals surface area (Å²) in [6.45, 7) is 4.42. The SMILES string of the molecule is CC(C)CC1CCc2[nH]c(C(=O)O)cc21. The maximum absolute atomic E-state index is 10.8. The van der Waals surface area contributed by atoms with E-state index in [9.17, 15) is 4.79 Å². The number of hydrogen-bond donors (Lipinski definition) is 2. The van der Waals surface area contributed by atoms with Crippen molar-refractivity contribution in [3.05, 3.63) is 23.0 Å². The van der Waals surface area contributed by atoms with E-state index in [2.05, 4.69) is 18.8 Å². The van der Waals surface area contributed by atoms with E-state index in [1.54, 1.807) is 0 Å². The summed E-state index contributed by atoms with van der Waals surface area (Å²) in [6.07, 6.45) is 3.32. The van der Waals surface area contributed by atoms with Gasteiger partial charge in [-0.3, -0.25) is 0 Å². The predicted molar refractivity (Wildman–Crippen MR) is 58.3 cm³/mol. The molecule has 0 bridgehead atoms. The van der Waals surface area contributed by atoms with Crippen LogP contribution < -0.4 is 0 Å². The standard InChI is InChI=1S/C12H17NO2/c1-7(2)5-8-3-4-10-9(8)6-11(13-10)12(14)15/h6-8,13H,3-5H2,1-2H3,(H,14,15). The predicted octanol–water partition coefficient (Wildman–Crippen LogP) is 2.79. The number of aryl methyl sites for hydroxylation is 1. The van der Waals surface area contributed by atoms with Crippen molar-refractivity contribution in [2.45, 2.75) is 39.0 Å². The number of aromatic nitrogens is 1. The van der Waals surface area contributed by atoms with E-state index in [1.807, 2.05) is 6.07 Å². The molecular formula is C12H17NO2. The van der Waals surface area contributed by atoms with E-state index in [0.29, 0.717) is 17.5 Å². The third-order valence-electron chi connectivity index (χ3n) is 3.10. The van der Waals surface area contributed by atoms with Gasteiger partial charge in [0.05, 0.1) is 0 Å². The fourth-order valence-corrected chi connectivity index (χ4v) is 2.49. The van der Waals surface area contributed by atoms with E-state index < -0.39 is 5.97 Å². The molecule has 0 saturated carbocycles. The summed E-state index contributed by atoms with van der Waals surface area (Å²) >= 11 is 0. The minimum Gasteiger partial charge on any atom is -0.477 e. The molecule has 1 atom stereocenters. The quantitative estimate of drug-likeness (QED) is 0.800. The van der Waals surface area contributed by atoms with Gasteiger partial charge in [-0.2, -0.15) is 0 Å². The first-order valence-corrected chi connectivity index (χ1v) is 5.53. The Morgan fingerprint density at radius 3 is 3.00 bits per heavy atom. The lowest BCUT2D eigenvalue weighted by Crippen LogP contribution is -2.00. The van der Waals surface area contributed by atoms with Gasteiger partial charge in [0.1, 0.15) is 5.69 Å². The average Bonchev–Trinajstić information content (AvgIpc) is 2.66. The van der Waals surface area contributed by atoms with E-state index >= 15 is 0 Å². The molecule has 0 spiro atoms. The Morgan fingerprint density at radius 1 is 1.67 bits per heavy atom. The van der Waals surface area contributed by atoms with Crippen molar-refractivity contribution < 1.29 is 9.90 Å². The molecule has 1 aliphatic carbocycles. The number of rotatable bonds is 3. The normalized spacial score (nSPS) is 19.5. The van der Waals surface area contributed by atoms with Gasteiger partial charge in [0, 0.05) is 5.69 Å². The number of aromatic carboxylic acids is 1. The lowest BCUT2D eigenvalue weighted by Gasteiger charge is -2.12. The Hall–Kier alpha value is -1.25. The molecule has 0 fully saturated rings. The van der Waals surface area contributed by atoms with Gasteiger partial charge < -0.3 is 10.1 Å². The molecule has 1 aromatic heterocycles. The third-order valence-corrected chi connectivity index (χ3v) is 3.10. The Kier molecular flexibility index (Phi) is 2.55. The summed E-state index contributed by atoms with van der Waals surface area (Å²) in [4.78, 5) is 13.8. The summed E-state index contributed by atoms with van der Waals surface area (Å²) in [6, 6.07) is 1.82. The number of carbonyl (C=O) groups is 1. The van der Waals surface area contributed by atoms with E-state index in [0.717, 1.165) is 18.5 Å². The van der Waals surface area contributed by atoms with Crippen LogP contribution in [0.15, 0.2) is 6.07 Å². The van der Waals surface area contributed by atoms with Gasteiger partial charge in [-0.15, -0.1) is 0 Å². The summed E-state index contributed by atoms with van der Waals surface area (Å²) < 4.78 is 0. The van der Waals surface area contributed by atoms with Gasteiger partial charge in [-0.05, 0) is 42.7 Å². The molecule has 1 aliphatic rings. The topological polar surface area (TPSA) is 53.1 Å². The first-order valence-electron chi connectivity index (χ1n) is 5.53. The first-order chi connectivity index (χ1) is 7.08. The molecular weight excluding hydrogens is 190 g/mol. The molecule has 0 amide bonds. The molecule has 1 aromatic rings. The van der Waals surface area contributed by atoms with Gasteiger partial charge in [0.25, 0.3) is 0 Å². The van der Waals surface area contributed by atoms with Crippen molar-refractivity contribution in [1.29, 1.82) is 0 Å². The van der Waals surface area contributed by atoms with Crippen LogP contribution in [0.5, 0.6) is 0 Å². The van der Waals surface area contributed by atoms with E-state index in [-0.39, 0.29) is 0 Å². The van der Waals surface area contributed by atoms with Crippen molar-refractivity contribution in [2.24, 2.45) is 5.92 Å². The number of aromatic amines is 1.